The largest absolute Gasteiger partial charge is 0.289 e. The molecule has 0 bridgehead atoms. The first-order valence-electron chi connectivity index (χ1n) is 8.18. The lowest BCUT2D eigenvalue weighted by Crippen LogP contribution is -2.13. The third kappa shape index (κ3) is 1.54. The average Bonchev–Trinajstić information content (AvgIpc) is 2.65. The highest BCUT2D eigenvalue weighted by Crippen LogP contribution is 2.46. The number of hydrogen-bond acceptors (Lipinski definition) is 2. The lowest BCUT2D eigenvalue weighted by Gasteiger charge is -2.21. The Morgan fingerprint density at radius 1 is 0.615 bits per heavy atom. The van der Waals surface area contributed by atoms with Crippen LogP contribution in [0.15, 0.2) is 67.1 Å². The summed E-state index contributed by atoms with van der Waals surface area (Å²) in [4.78, 5) is 26.6. The molecule has 2 nitrogen and oxygen atoms in total. The summed E-state index contributed by atoms with van der Waals surface area (Å²) in [5, 5.41) is 6.36. The van der Waals surface area contributed by atoms with Crippen molar-refractivity contribution in [1.82, 2.24) is 0 Å². The molecule has 0 saturated heterocycles. The molecule has 0 N–H and O–H groups in total. The Balaban J connectivity index is 2.17. The molecule has 0 heterocycles. The van der Waals surface area contributed by atoms with E-state index in [9.17, 15) is 9.59 Å². The first-order valence-corrected chi connectivity index (χ1v) is 9.76. The summed E-state index contributed by atoms with van der Waals surface area (Å²) < 4.78 is 1.57. The molecule has 0 spiro atoms. The summed E-state index contributed by atoms with van der Waals surface area (Å²) >= 11 is 7.11. The first-order chi connectivity index (χ1) is 12.6. The Morgan fingerprint density at radius 2 is 1.31 bits per heavy atom. The van der Waals surface area contributed by atoms with Crippen LogP contribution in [0.5, 0.6) is 0 Å². The molecular formula is C22H8Br2O2. The highest BCUT2D eigenvalue weighted by atomic mass is 79.9. The Bertz CT molecular complexity index is 1590. The number of rotatable bonds is 0. The highest BCUT2D eigenvalue weighted by Gasteiger charge is 2.26. The van der Waals surface area contributed by atoms with Gasteiger partial charge in [-0.25, -0.2) is 0 Å². The van der Waals surface area contributed by atoms with Gasteiger partial charge in [0, 0.05) is 52.4 Å². The quantitative estimate of drug-likeness (QED) is 0.205. The Kier molecular flexibility index (Phi) is 2.68. The topological polar surface area (TPSA) is 34.1 Å². The molecule has 122 valence electrons. The van der Waals surface area contributed by atoms with Gasteiger partial charge in [-0.05, 0) is 60.8 Å². The molecule has 4 aromatic rings. The van der Waals surface area contributed by atoms with E-state index in [0.29, 0.717) is 21.5 Å². The zero-order valence-corrected chi connectivity index (χ0v) is 16.4. The third-order valence-corrected chi connectivity index (χ3v) is 7.44. The number of benzene rings is 6. The van der Waals surface area contributed by atoms with Gasteiger partial charge >= 0.3 is 0 Å². The summed E-state index contributed by atoms with van der Waals surface area (Å²) in [6.07, 6.45) is 0. The molecule has 0 amide bonds. The van der Waals surface area contributed by atoms with Crippen molar-refractivity contribution < 1.29 is 0 Å². The van der Waals surface area contributed by atoms with Gasteiger partial charge in [0.2, 0.25) is 0 Å². The van der Waals surface area contributed by atoms with Crippen LogP contribution < -0.4 is 10.9 Å². The minimum absolute atomic E-state index is 0.00567. The lowest BCUT2D eigenvalue weighted by molar-refractivity contribution is 1.61. The summed E-state index contributed by atoms with van der Waals surface area (Å²) in [5.41, 5.74) is 1.82. The van der Waals surface area contributed by atoms with Crippen LogP contribution in [0.2, 0.25) is 0 Å². The van der Waals surface area contributed by atoms with E-state index in [-0.39, 0.29) is 10.9 Å². The fourth-order valence-corrected chi connectivity index (χ4v) is 5.33. The molecule has 0 aliphatic heterocycles. The summed E-state index contributed by atoms with van der Waals surface area (Å²) in [6.45, 7) is 0. The second kappa shape index (κ2) is 4.70. The van der Waals surface area contributed by atoms with E-state index in [4.69, 9.17) is 0 Å². The monoisotopic (exact) mass is 462 g/mol. The summed E-state index contributed by atoms with van der Waals surface area (Å²) in [5.74, 6) is 0. The lowest BCUT2D eigenvalue weighted by atomic mass is 9.81. The highest BCUT2D eigenvalue weighted by molar-refractivity contribution is 9.13. The van der Waals surface area contributed by atoms with Gasteiger partial charge in [0.15, 0.2) is 10.9 Å². The van der Waals surface area contributed by atoms with Crippen molar-refractivity contribution in [2.45, 2.75) is 0 Å². The molecule has 0 radical (unpaired) electrons. The van der Waals surface area contributed by atoms with Crippen molar-refractivity contribution >= 4 is 74.9 Å². The molecule has 0 atom stereocenters. The van der Waals surface area contributed by atoms with E-state index in [2.05, 4.69) is 31.9 Å². The maximum absolute atomic E-state index is 13.4. The van der Waals surface area contributed by atoms with Gasteiger partial charge < -0.3 is 0 Å². The van der Waals surface area contributed by atoms with Gasteiger partial charge in [-0.2, -0.15) is 0 Å². The van der Waals surface area contributed by atoms with Crippen LogP contribution in [0.1, 0.15) is 0 Å². The Labute approximate surface area is 163 Å². The zero-order valence-electron chi connectivity index (χ0n) is 13.2. The number of halogens is 2. The van der Waals surface area contributed by atoms with Crippen LogP contribution in [0.3, 0.4) is 0 Å². The smallest absolute Gasteiger partial charge is 0.195 e. The SMILES string of the molecule is O=c1c2ccc3cc(Br)c(Br)c4c(=O)c5ccc6cccc1c6c5-c2c34. The fraction of sp³-hybridized carbons (Fsp3) is 0. The molecular weight excluding hydrogens is 456 g/mol. The van der Waals surface area contributed by atoms with Crippen LogP contribution in [-0.2, 0) is 0 Å². The summed E-state index contributed by atoms with van der Waals surface area (Å²) in [7, 11) is 0. The van der Waals surface area contributed by atoms with Crippen LogP contribution in [0.25, 0.3) is 54.2 Å². The minimum atomic E-state index is -0.00567. The molecule has 0 unspecified atom stereocenters. The van der Waals surface area contributed by atoms with E-state index in [1.54, 1.807) is 0 Å². The molecule has 2 aliphatic carbocycles. The number of hydrogen-bond donors (Lipinski definition) is 0. The van der Waals surface area contributed by atoms with Crippen LogP contribution in [0.4, 0.5) is 0 Å². The Morgan fingerprint density at radius 3 is 2.12 bits per heavy atom. The van der Waals surface area contributed by atoms with Gasteiger partial charge in [-0.3, -0.25) is 9.59 Å². The molecule has 2 aliphatic rings. The average molecular weight is 464 g/mol. The van der Waals surface area contributed by atoms with Crippen molar-refractivity contribution in [2.24, 2.45) is 0 Å². The molecule has 6 rings (SSSR count). The van der Waals surface area contributed by atoms with E-state index < -0.39 is 0 Å². The first kappa shape index (κ1) is 14.8. The van der Waals surface area contributed by atoms with Gasteiger partial charge in [0.25, 0.3) is 0 Å². The van der Waals surface area contributed by atoms with Crippen LogP contribution in [0, 0.1) is 0 Å². The van der Waals surface area contributed by atoms with E-state index >= 15 is 0 Å². The van der Waals surface area contributed by atoms with Crippen LogP contribution >= 0.6 is 31.9 Å². The van der Waals surface area contributed by atoms with Crippen molar-refractivity contribution in [3.63, 3.8) is 0 Å². The van der Waals surface area contributed by atoms with Gasteiger partial charge in [-0.15, -0.1) is 0 Å². The van der Waals surface area contributed by atoms with Crippen molar-refractivity contribution in [2.75, 3.05) is 0 Å². The molecule has 0 saturated carbocycles. The van der Waals surface area contributed by atoms with E-state index in [1.807, 2.05) is 48.5 Å². The molecule has 26 heavy (non-hydrogen) atoms. The maximum atomic E-state index is 13.4. The predicted molar refractivity (Wildman–Crippen MR) is 115 cm³/mol. The van der Waals surface area contributed by atoms with Crippen molar-refractivity contribution in [3.8, 4) is 11.1 Å². The Hall–Kier alpha value is -2.30. The standard InChI is InChI=1S/C22H8Br2O2/c23-14-8-10-5-7-12-18-16(10)19(20(14)24)22(26)13-6-4-9-2-1-3-11(21(12)25)15(9)17(13)18/h1-8H. The van der Waals surface area contributed by atoms with Crippen molar-refractivity contribution in [3.05, 3.63) is 77.9 Å². The van der Waals surface area contributed by atoms with E-state index in [0.717, 1.165) is 41.6 Å². The second-order valence-corrected chi connectivity index (χ2v) is 8.33. The summed E-state index contributed by atoms with van der Waals surface area (Å²) in [6, 6.07) is 15.4. The fourth-order valence-electron chi connectivity index (χ4n) is 4.40. The molecule has 4 heteroatoms. The maximum Gasteiger partial charge on any atom is 0.195 e. The van der Waals surface area contributed by atoms with Gasteiger partial charge in [0.05, 0.1) is 0 Å². The van der Waals surface area contributed by atoms with Gasteiger partial charge in [-0.1, -0.05) is 30.3 Å². The van der Waals surface area contributed by atoms with E-state index in [1.165, 1.54) is 0 Å². The predicted octanol–water partition coefficient (Wildman–Crippen LogP) is 5.96. The normalized spacial score (nSPS) is 12.5. The molecule has 0 aromatic heterocycles. The third-order valence-electron chi connectivity index (χ3n) is 5.46. The minimum Gasteiger partial charge on any atom is -0.289 e. The van der Waals surface area contributed by atoms with Crippen LogP contribution in [-0.4, -0.2) is 0 Å². The van der Waals surface area contributed by atoms with Crippen molar-refractivity contribution in [1.29, 1.82) is 0 Å². The molecule has 4 aromatic carbocycles. The molecule has 0 fully saturated rings. The second-order valence-electron chi connectivity index (χ2n) is 6.68. The van der Waals surface area contributed by atoms with Gasteiger partial charge in [0.1, 0.15) is 0 Å². The zero-order chi connectivity index (χ0) is 17.7.